The third-order valence-corrected chi connectivity index (χ3v) is 3.07. The highest BCUT2D eigenvalue weighted by molar-refractivity contribution is 5.77. The second kappa shape index (κ2) is 8.59. The minimum Gasteiger partial charge on any atom is -0.483 e. The topological polar surface area (TPSA) is 58.6 Å². The Morgan fingerprint density at radius 3 is 2.70 bits per heavy atom. The number of hydrogen-bond donors (Lipinski definition) is 2. The Morgan fingerprint density at radius 2 is 2.05 bits per heavy atom. The molecule has 1 atom stereocenters. The summed E-state index contributed by atoms with van der Waals surface area (Å²) in [5, 5.41) is 12.7. The van der Waals surface area contributed by atoms with Gasteiger partial charge in [-0.25, -0.2) is 0 Å². The lowest BCUT2D eigenvalue weighted by Crippen LogP contribution is -2.30. The molecule has 4 heteroatoms. The lowest BCUT2D eigenvalue weighted by molar-refractivity contribution is -0.123. The summed E-state index contributed by atoms with van der Waals surface area (Å²) in [6.45, 7) is 6.78. The molecular weight excluding hydrogens is 254 g/mol. The van der Waals surface area contributed by atoms with Crippen LogP contribution in [0.2, 0.25) is 0 Å². The molecule has 1 aromatic rings. The van der Waals surface area contributed by atoms with Crippen LogP contribution in [-0.4, -0.2) is 24.2 Å². The molecule has 0 radical (unpaired) electrons. The van der Waals surface area contributed by atoms with E-state index in [2.05, 4.69) is 19.2 Å². The Hall–Kier alpha value is -1.55. The lowest BCUT2D eigenvalue weighted by atomic mass is 10.1. The molecule has 1 amide bonds. The first kappa shape index (κ1) is 16.5. The lowest BCUT2D eigenvalue weighted by Gasteiger charge is -2.15. The first-order valence-electron chi connectivity index (χ1n) is 7.21. The average molecular weight is 279 g/mol. The second-order valence-corrected chi connectivity index (χ2v) is 5.28. The smallest absolute Gasteiger partial charge is 0.257 e. The van der Waals surface area contributed by atoms with E-state index in [0.29, 0.717) is 24.6 Å². The molecule has 0 aliphatic carbocycles. The molecule has 0 aliphatic heterocycles. The van der Waals surface area contributed by atoms with E-state index in [-0.39, 0.29) is 12.5 Å². The van der Waals surface area contributed by atoms with Gasteiger partial charge in [0.1, 0.15) is 5.75 Å². The van der Waals surface area contributed by atoms with Crippen LogP contribution in [0.3, 0.4) is 0 Å². The Kier molecular flexibility index (Phi) is 7.09. The van der Waals surface area contributed by atoms with Gasteiger partial charge in [0.25, 0.3) is 5.91 Å². The zero-order chi connectivity index (χ0) is 15.0. The molecule has 0 heterocycles. The predicted molar refractivity (Wildman–Crippen MR) is 79.7 cm³/mol. The molecule has 1 rings (SSSR count). The highest BCUT2D eigenvalue weighted by Crippen LogP contribution is 2.26. The zero-order valence-corrected chi connectivity index (χ0v) is 12.6. The highest BCUT2D eigenvalue weighted by atomic mass is 16.5. The van der Waals surface area contributed by atoms with Gasteiger partial charge in [0.05, 0.1) is 6.10 Å². The Labute approximate surface area is 121 Å². The van der Waals surface area contributed by atoms with Crippen LogP contribution in [0, 0.1) is 5.92 Å². The fourth-order valence-corrected chi connectivity index (χ4v) is 1.80. The number of aliphatic hydroxyl groups excluding tert-OH is 1. The van der Waals surface area contributed by atoms with Crippen LogP contribution in [-0.2, 0) is 4.79 Å². The third kappa shape index (κ3) is 5.61. The maximum absolute atomic E-state index is 11.6. The van der Waals surface area contributed by atoms with Gasteiger partial charge in [-0.05, 0) is 24.8 Å². The molecule has 1 aromatic carbocycles. The van der Waals surface area contributed by atoms with Gasteiger partial charge in [-0.3, -0.25) is 4.79 Å². The average Bonchev–Trinajstić information content (AvgIpc) is 2.44. The fourth-order valence-electron chi connectivity index (χ4n) is 1.80. The standard InChI is InChI=1S/C16H25NO3/c1-4-14(18)13-7-5-6-8-15(13)20-11-16(19)17-10-9-12(2)3/h5-8,12,14,18H,4,9-11H2,1-3H3,(H,17,19). The molecule has 1 unspecified atom stereocenters. The van der Waals surface area contributed by atoms with Crippen LogP contribution in [0.1, 0.15) is 45.3 Å². The summed E-state index contributed by atoms with van der Waals surface area (Å²) in [5.74, 6) is 1.00. The quantitative estimate of drug-likeness (QED) is 0.769. The Balaban J connectivity index is 2.47. The van der Waals surface area contributed by atoms with E-state index in [0.717, 1.165) is 12.0 Å². The van der Waals surface area contributed by atoms with Crippen molar-refractivity contribution in [2.45, 2.75) is 39.7 Å². The summed E-state index contributed by atoms with van der Waals surface area (Å²) in [6, 6.07) is 7.28. The fraction of sp³-hybridized carbons (Fsp3) is 0.562. The van der Waals surface area contributed by atoms with E-state index < -0.39 is 6.10 Å². The summed E-state index contributed by atoms with van der Waals surface area (Å²) >= 11 is 0. The normalized spacial score (nSPS) is 12.2. The van der Waals surface area contributed by atoms with Crippen molar-refractivity contribution in [2.75, 3.05) is 13.2 Å². The summed E-state index contributed by atoms with van der Waals surface area (Å²) < 4.78 is 5.51. The SMILES string of the molecule is CCC(O)c1ccccc1OCC(=O)NCCC(C)C. The number of carbonyl (C=O) groups is 1. The first-order chi connectivity index (χ1) is 9.54. The maximum Gasteiger partial charge on any atom is 0.257 e. The molecule has 0 aromatic heterocycles. The van der Waals surface area contributed by atoms with E-state index in [4.69, 9.17) is 4.74 Å². The molecule has 0 fully saturated rings. The third-order valence-electron chi connectivity index (χ3n) is 3.07. The summed E-state index contributed by atoms with van der Waals surface area (Å²) in [5.41, 5.74) is 0.727. The van der Waals surface area contributed by atoms with E-state index in [1.54, 1.807) is 6.07 Å². The molecule has 0 spiro atoms. The van der Waals surface area contributed by atoms with E-state index in [9.17, 15) is 9.90 Å². The summed E-state index contributed by atoms with van der Waals surface area (Å²) in [7, 11) is 0. The second-order valence-electron chi connectivity index (χ2n) is 5.28. The Morgan fingerprint density at radius 1 is 1.35 bits per heavy atom. The summed E-state index contributed by atoms with van der Waals surface area (Å²) in [6.07, 6.45) is 1.01. The van der Waals surface area contributed by atoms with Gasteiger partial charge in [-0.2, -0.15) is 0 Å². The van der Waals surface area contributed by atoms with E-state index >= 15 is 0 Å². The number of hydrogen-bond acceptors (Lipinski definition) is 3. The number of amides is 1. The number of para-hydroxylation sites is 1. The molecule has 0 saturated heterocycles. The number of benzene rings is 1. The van der Waals surface area contributed by atoms with Crippen LogP contribution in [0.4, 0.5) is 0 Å². The van der Waals surface area contributed by atoms with Gasteiger partial charge >= 0.3 is 0 Å². The van der Waals surface area contributed by atoms with Crippen LogP contribution in [0.25, 0.3) is 0 Å². The number of ether oxygens (including phenoxy) is 1. The monoisotopic (exact) mass is 279 g/mol. The van der Waals surface area contributed by atoms with Crippen molar-refractivity contribution in [3.63, 3.8) is 0 Å². The van der Waals surface area contributed by atoms with Crippen molar-refractivity contribution in [2.24, 2.45) is 5.92 Å². The van der Waals surface area contributed by atoms with Crippen molar-refractivity contribution in [1.29, 1.82) is 0 Å². The van der Waals surface area contributed by atoms with Crippen LogP contribution in [0.15, 0.2) is 24.3 Å². The molecule has 0 aliphatic rings. The maximum atomic E-state index is 11.6. The van der Waals surface area contributed by atoms with Crippen molar-refractivity contribution in [3.05, 3.63) is 29.8 Å². The van der Waals surface area contributed by atoms with Crippen molar-refractivity contribution >= 4 is 5.91 Å². The van der Waals surface area contributed by atoms with E-state index in [1.807, 2.05) is 25.1 Å². The minimum absolute atomic E-state index is 0.0223. The molecule has 0 saturated carbocycles. The van der Waals surface area contributed by atoms with Crippen molar-refractivity contribution in [3.8, 4) is 5.75 Å². The van der Waals surface area contributed by atoms with Crippen LogP contribution < -0.4 is 10.1 Å². The number of nitrogens with one attached hydrogen (secondary N) is 1. The molecule has 2 N–H and O–H groups in total. The zero-order valence-electron chi connectivity index (χ0n) is 12.6. The van der Waals surface area contributed by atoms with Crippen molar-refractivity contribution < 1.29 is 14.6 Å². The first-order valence-corrected chi connectivity index (χ1v) is 7.21. The molecule has 0 bridgehead atoms. The van der Waals surface area contributed by atoms with Gasteiger partial charge < -0.3 is 15.2 Å². The largest absolute Gasteiger partial charge is 0.483 e. The predicted octanol–water partition coefficient (Wildman–Crippen LogP) is 2.67. The highest BCUT2D eigenvalue weighted by Gasteiger charge is 2.12. The summed E-state index contributed by atoms with van der Waals surface area (Å²) in [4.78, 5) is 11.6. The molecule has 20 heavy (non-hydrogen) atoms. The van der Waals surface area contributed by atoms with Crippen LogP contribution in [0.5, 0.6) is 5.75 Å². The minimum atomic E-state index is -0.560. The van der Waals surface area contributed by atoms with Gasteiger partial charge in [0.15, 0.2) is 6.61 Å². The Bertz CT molecular complexity index is 418. The van der Waals surface area contributed by atoms with Gasteiger partial charge in [-0.1, -0.05) is 39.0 Å². The van der Waals surface area contributed by atoms with E-state index in [1.165, 1.54) is 0 Å². The van der Waals surface area contributed by atoms with Crippen molar-refractivity contribution in [1.82, 2.24) is 5.32 Å². The molecule has 112 valence electrons. The van der Waals surface area contributed by atoms with Gasteiger partial charge in [-0.15, -0.1) is 0 Å². The number of carbonyl (C=O) groups excluding carboxylic acids is 1. The molecule has 4 nitrogen and oxygen atoms in total. The molecular formula is C16H25NO3. The van der Waals surface area contributed by atoms with Gasteiger partial charge in [0.2, 0.25) is 0 Å². The van der Waals surface area contributed by atoms with Crippen LogP contribution >= 0.6 is 0 Å². The van der Waals surface area contributed by atoms with Gasteiger partial charge in [0, 0.05) is 12.1 Å². The number of aliphatic hydroxyl groups is 1. The number of rotatable bonds is 8.